The van der Waals surface area contributed by atoms with Crippen LogP contribution in [0.3, 0.4) is 0 Å². The lowest BCUT2D eigenvalue weighted by Gasteiger charge is -2.16. The van der Waals surface area contributed by atoms with Gasteiger partial charge in [-0.15, -0.1) is 0 Å². The third kappa shape index (κ3) is 8.53. The maximum Gasteiger partial charge on any atom is 0.350 e. The monoisotopic (exact) mass is 434 g/mol. The van der Waals surface area contributed by atoms with Crippen molar-refractivity contribution in [1.29, 1.82) is 0 Å². The molecular weight excluding hydrogens is 400 g/mol. The third-order valence-corrected chi connectivity index (χ3v) is 5.14. The van der Waals surface area contributed by atoms with E-state index in [2.05, 4.69) is 11.7 Å². The number of ketones is 1. The fourth-order valence-electron chi connectivity index (χ4n) is 3.00. The van der Waals surface area contributed by atoms with E-state index >= 15 is 0 Å². The molecule has 3 atom stereocenters. The Balaban J connectivity index is 2.83. The molecule has 1 aromatic heterocycles. The molecule has 31 heavy (non-hydrogen) atoms. The first-order valence-electron chi connectivity index (χ1n) is 10.7. The Labute approximate surface area is 183 Å². The van der Waals surface area contributed by atoms with Crippen LogP contribution in [-0.2, 0) is 9.53 Å². The number of aromatic hydroxyl groups is 1. The number of ether oxygens (including phenoxy) is 1. The minimum Gasteiger partial charge on any atom is -0.507 e. The number of methoxy groups -OCH3 is 1. The van der Waals surface area contributed by atoms with Gasteiger partial charge in [0, 0.05) is 24.0 Å². The number of hydrogen-bond donors (Lipinski definition) is 2. The van der Waals surface area contributed by atoms with Crippen LogP contribution in [0.5, 0.6) is 5.75 Å². The van der Waals surface area contributed by atoms with Crippen molar-refractivity contribution in [3.05, 3.63) is 52.1 Å². The summed E-state index contributed by atoms with van der Waals surface area (Å²) in [5.74, 6) is -2.46. The molecule has 0 aliphatic carbocycles. The van der Waals surface area contributed by atoms with Gasteiger partial charge >= 0.3 is 11.6 Å². The van der Waals surface area contributed by atoms with E-state index in [0.717, 1.165) is 25.7 Å². The molecule has 172 valence electrons. The number of aliphatic hydroxyl groups is 1. The zero-order valence-corrected chi connectivity index (χ0v) is 18.8. The van der Waals surface area contributed by atoms with Crippen LogP contribution in [-0.4, -0.2) is 35.2 Å². The van der Waals surface area contributed by atoms with Crippen LogP contribution in [0.2, 0.25) is 0 Å². The summed E-state index contributed by atoms with van der Waals surface area (Å²) in [6.45, 7) is 5.42. The predicted molar refractivity (Wildman–Crippen MR) is 118 cm³/mol. The summed E-state index contributed by atoms with van der Waals surface area (Å²) >= 11 is 0. The summed E-state index contributed by atoms with van der Waals surface area (Å²) in [5.41, 5.74) is -1.38. The topological polar surface area (TPSA) is 114 Å². The first-order chi connectivity index (χ1) is 14.7. The number of carbonyl (C=O) groups is 2. The molecule has 1 aromatic rings. The number of aliphatic hydroxyl groups excluding tert-OH is 1. The molecule has 0 fully saturated rings. The molecule has 0 radical (unpaired) electrons. The lowest BCUT2D eigenvalue weighted by atomic mass is 9.93. The normalized spacial score (nSPS) is 14.6. The maximum atomic E-state index is 12.7. The first-order valence-corrected chi connectivity index (χ1v) is 10.7. The Hall–Kier alpha value is -2.67. The van der Waals surface area contributed by atoms with E-state index in [-0.39, 0.29) is 11.7 Å². The number of allylic oxidation sites excluding steroid dienone is 2. The minimum atomic E-state index is -1.06. The van der Waals surface area contributed by atoms with Crippen LogP contribution in [0.25, 0.3) is 0 Å². The number of carbonyl (C=O) groups excluding carboxylic acids is 2. The predicted octanol–water partition coefficient (Wildman–Crippen LogP) is 4.27. The van der Waals surface area contributed by atoms with Crippen LogP contribution >= 0.6 is 0 Å². The summed E-state index contributed by atoms with van der Waals surface area (Å²) in [4.78, 5) is 36.1. The maximum absolute atomic E-state index is 12.7. The molecule has 0 bridgehead atoms. The molecule has 2 unspecified atom stereocenters. The molecule has 7 nitrogen and oxygen atoms in total. The van der Waals surface area contributed by atoms with E-state index in [1.807, 2.05) is 6.08 Å². The number of hydrogen-bond acceptors (Lipinski definition) is 7. The highest BCUT2D eigenvalue weighted by Crippen LogP contribution is 2.26. The fourth-order valence-corrected chi connectivity index (χ4v) is 3.00. The standard InChI is InChI=1S/C24H34O7/c1-5-6-7-8-9-13-18(25)17(3)23(28)22-19(26)15-20(31-24(22)29)16(2)12-10-11-14-21(27)30-4/h9,11,13-18,25-26H,5-8,10,12H2,1-4H3/b13-9+,14-11+/t16-,17?,18?/m1/s1. The van der Waals surface area contributed by atoms with Crippen LogP contribution in [0, 0.1) is 5.92 Å². The number of Topliss-reactive ketones (excluding diaryl/α,β-unsaturated/α-hetero) is 1. The molecule has 0 aromatic carbocycles. The average Bonchev–Trinajstić information content (AvgIpc) is 2.74. The summed E-state index contributed by atoms with van der Waals surface area (Å²) < 4.78 is 9.78. The van der Waals surface area contributed by atoms with Crippen molar-refractivity contribution < 1.29 is 29.0 Å². The Morgan fingerprint density at radius 2 is 1.90 bits per heavy atom. The Morgan fingerprint density at radius 1 is 1.19 bits per heavy atom. The van der Waals surface area contributed by atoms with Gasteiger partial charge in [0.05, 0.1) is 13.2 Å². The van der Waals surface area contributed by atoms with Gasteiger partial charge in [-0.1, -0.05) is 51.8 Å². The van der Waals surface area contributed by atoms with Gasteiger partial charge < -0.3 is 19.4 Å². The molecule has 2 N–H and O–H groups in total. The van der Waals surface area contributed by atoms with E-state index in [0.29, 0.717) is 12.8 Å². The second kappa shape index (κ2) is 13.6. The van der Waals surface area contributed by atoms with Crippen molar-refractivity contribution in [3.63, 3.8) is 0 Å². The third-order valence-electron chi connectivity index (χ3n) is 5.14. The summed E-state index contributed by atoms with van der Waals surface area (Å²) in [6, 6.07) is 1.27. The molecular formula is C24H34O7. The van der Waals surface area contributed by atoms with E-state index < -0.39 is 40.7 Å². The van der Waals surface area contributed by atoms with Crippen molar-refractivity contribution in [3.8, 4) is 5.75 Å². The molecule has 0 saturated heterocycles. The Bertz CT molecular complexity index is 835. The molecule has 1 rings (SSSR count). The van der Waals surface area contributed by atoms with Gasteiger partial charge in [0.25, 0.3) is 0 Å². The molecule has 0 spiro atoms. The van der Waals surface area contributed by atoms with E-state index in [1.54, 1.807) is 19.1 Å². The van der Waals surface area contributed by atoms with Crippen molar-refractivity contribution >= 4 is 11.8 Å². The summed E-state index contributed by atoms with van der Waals surface area (Å²) in [6.07, 6.45) is 10.4. The molecule has 0 saturated carbocycles. The van der Waals surface area contributed by atoms with Gasteiger partial charge in [0.1, 0.15) is 17.1 Å². The van der Waals surface area contributed by atoms with Crippen LogP contribution in [0.4, 0.5) is 0 Å². The second-order valence-corrected chi connectivity index (χ2v) is 7.67. The van der Waals surface area contributed by atoms with E-state index in [4.69, 9.17) is 4.42 Å². The van der Waals surface area contributed by atoms with Gasteiger partial charge in [-0.3, -0.25) is 4.79 Å². The van der Waals surface area contributed by atoms with Crippen molar-refractivity contribution in [2.75, 3.05) is 7.11 Å². The quantitative estimate of drug-likeness (QED) is 0.157. The second-order valence-electron chi connectivity index (χ2n) is 7.67. The first kappa shape index (κ1) is 26.4. The SMILES string of the molecule is CCCCC/C=C/C(O)C(C)C(=O)c1c(O)cc([C@H](C)CC/C=C/C(=O)OC)oc1=O. The fraction of sp³-hybridized carbons (Fsp3) is 0.542. The highest BCUT2D eigenvalue weighted by atomic mass is 16.5. The number of unbranched alkanes of at least 4 members (excludes halogenated alkanes) is 3. The lowest BCUT2D eigenvalue weighted by molar-refractivity contribution is -0.134. The van der Waals surface area contributed by atoms with Gasteiger partial charge in [0.2, 0.25) is 0 Å². The van der Waals surface area contributed by atoms with Gasteiger partial charge in [-0.2, -0.15) is 0 Å². The van der Waals surface area contributed by atoms with Gasteiger partial charge in [-0.25, -0.2) is 9.59 Å². The van der Waals surface area contributed by atoms with Crippen LogP contribution < -0.4 is 5.63 Å². The zero-order valence-electron chi connectivity index (χ0n) is 18.8. The lowest BCUT2D eigenvalue weighted by Crippen LogP contribution is -2.28. The molecule has 7 heteroatoms. The van der Waals surface area contributed by atoms with Gasteiger partial charge in [0.15, 0.2) is 5.78 Å². The molecule has 0 aliphatic heterocycles. The smallest absolute Gasteiger partial charge is 0.350 e. The Kier molecular flexibility index (Phi) is 11.6. The average molecular weight is 435 g/mol. The van der Waals surface area contributed by atoms with Crippen molar-refractivity contribution in [1.82, 2.24) is 0 Å². The largest absolute Gasteiger partial charge is 0.507 e. The van der Waals surface area contributed by atoms with Crippen molar-refractivity contribution in [2.45, 2.75) is 71.3 Å². The minimum absolute atomic E-state index is 0.223. The molecule has 0 aliphatic rings. The van der Waals surface area contributed by atoms with Crippen LogP contribution in [0.1, 0.15) is 81.3 Å². The Morgan fingerprint density at radius 3 is 2.52 bits per heavy atom. The summed E-state index contributed by atoms with van der Waals surface area (Å²) in [5, 5.41) is 20.6. The van der Waals surface area contributed by atoms with Crippen LogP contribution in [0.15, 0.2) is 39.6 Å². The number of rotatable bonds is 13. The van der Waals surface area contributed by atoms with Gasteiger partial charge in [-0.05, 0) is 25.7 Å². The van der Waals surface area contributed by atoms with Crippen molar-refractivity contribution in [2.24, 2.45) is 5.92 Å². The van der Waals surface area contributed by atoms with E-state index in [9.17, 15) is 24.6 Å². The highest BCUT2D eigenvalue weighted by molar-refractivity contribution is 6.00. The highest BCUT2D eigenvalue weighted by Gasteiger charge is 2.28. The molecule has 1 heterocycles. The molecule has 0 amide bonds. The number of esters is 1. The zero-order chi connectivity index (χ0) is 23.4. The van der Waals surface area contributed by atoms with E-state index in [1.165, 1.54) is 26.2 Å². The summed E-state index contributed by atoms with van der Waals surface area (Å²) in [7, 11) is 1.29.